The van der Waals surface area contributed by atoms with Crippen molar-refractivity contribution < 1.29 is 22.7 Å². The lowest BCUT2D eigenvalue weighted by Crippen LogP contribution is -2.09. The van der Waals surface area contributed by atoms with Crippen LogP contribution in [0.25, 0.3) is 5.03 Å². The van der Waals surface area contributed by atoms with Crippen LogP contribution in [0.3, 0.4) is 0 Å². The third kappa shape index (κ3) is 5.75. The van der Waals surface area contributed by atoms with Gasteiger partial charge in [-0.25, -0.2) is 4.79 Å². The highest BCUT2D eigenvalue weighted by molar-refractivity contribution is 6.50. The van der Waals surface area contributed by atoms with E-state index in [0.717, 1.165) is 12.1 Å². The van der Waals surface area contributed by atoms with Crippen LogP contribution in [-0.2, 0) is 15.7 Å². The number of hydrogen-bond acceptors (Lipinski definition) is 2. The Morgan fingerprint density at radius 1 is 1.30 bits per heavy atom. The fourth-order valence-electron chi connectivity index (χ4n) is 1.92. The molecule has 0 aromatic heterocycles. The van der Waals surface area contributed by atoms with Crippen LogP contribution in [0.15, 0.2) is 42.5 Å². The van der Waals surface area contributed by atoms with E-state index in [2.05, 4.69) is 6.58 Å². The summed E-state index contributed by atoms with van der Waals surface area (Å²) in [5.74, 6) is -0.554. The molecule has 2 nitrogen and oxygen atoms in total. The number of carbonyl (C=O) groups excluding carboxylic acids is 1. The van der Waals surface area contributed by atoms with Gasteiger partial charge in [-0.3, -0.25) is 0 Å². The number of carbonyl (C=O) groups is 1. The zero-order chi connectivity index (χ0) is 17.5. The standard InChI is InChI=1S/C17H18ClF3O2/c1-3-5-6-7-14(16(22)23-4-2)15(18)12-8-10-13(11-9-12)17(19,20)21/h3,8-11H,1,4-7H2,2H3/b15-14-. The summed E-state index contributed by atoms with van der Waals surface area (Å²) in [6.07, 6.45) is -0.989. The van der Waals surface area contributed by atoms with E-state index in [4.69, 9.17) is 16.3 Å². The highest BCUT2D eigenvalue weighted by Crippen LogP contribution is 2.32. The Hall–Kier alpha value is -1.75. The number of benzene rings is 1. The Morgan fingerprint density at radius 3 is 2.39 bits per heavy atom. The summed E-state index contributed by atoms with van der Waals surface area (Å²) < 4.78 is 42.7. The van der Waals surface area contributed by atoms with E-state index >= 15 is 0 Å². The van der Waals surface area contributed by atoms with Crippen LogP contribution in [0.2, 0.25) is 0 Å². The zero-order valence-corrected chi connectivity index (χ0v) is 13.5. The number of esters is 1. The van der Waals surface area contributed by atoms with Gasteiger partial charge in [0, 0.05) is 0 Å². The van der Waals surface area contributed by atoms with Gasteiger partial charge >= 0.3 is 12.1 Å². The molecule has 0 radical (unpaired) electrons. The van der Waals surface area contributed by atoms with Gasteiger partial charge in [0.25, 0.3) is 0 Å². The number of alkyl halides is 3. The SMILES string of the molecule is C=CCCC/C(C(=O)OCC)=C(/Cl)c1ccc(C(F)(F)F)cc1. The third-order valence-corrected chi connectivity index (χ3v) is 3.53. The number of halogens is 4. The second-order valence-electron chi connectivity index (χ2n) is 4.77. The smallest absolute Gasteiger partial charge is 0.416 e. The van der Waals surface area contributed by atoms with Gasteiger partial charge in [0.15, 0.2) is 0 Å². The van der Waals surface area contributed by atoms with Crippen LogP contribution in [0.1, 0.15) is 37.3 Å². The molecule has 0 aliphatic rings. The van der Waals surface area contributed by atoms with Crippen molar-refractivity contribution >= 4 is 22.6 Å². The van der Waals surface area contributed by atoms with Crippen LogP contribution in [0, 0.1) is 0 Å². The number of ether oxygens (including phenoxy) is 1. The van der Waals surface area contributed by atoms with E-state index in [1.165, 1.54) is 12.1 Å². The fourth-order valence-corrected chi connectivity index (χ4v) is 2.22. The number of unbranched alkanes of at least 4 members (excludes halogenated alkanes) is 1. The topological polar surface area (TPSA) is 26.3 Å². The van der Waals surface area contributed by atoms with E-state index in [1.54, 1.807) is 13.0 Å². The lowest BCUT2D eigenvalue weighted by Gasteiger charge is -2.11. The molecule has 0 spiro atoms. The molecule has 0 bridgehead atoms. The molecule has 0 fully saturated rings. The summed E-state index contributed by atoms with van der Waals surface area (Å²) in [7, 11) is 0. The van der Waals surface area contributed by atoms with Crippen LogP contribution < -0.4 is 0 Å². The van der Waals surface area contributed by atoms with Crippen molar-refractivity contribution in [1.29, 1.82) is 0 Å². The van der Waals surface area contributed by atoms with E-state index in [9.17, 15) is 18.0 Å². The first kappa shape index (κ1) is 19.3. The number of rotatable bonds is 7. The molecule has 0 atom stereocenters. The summed E-state index contributed by atoms with van der Waals surface area (Å²) in [5, 5.41) is 0.112. The van der Waals surface area contributed by atoms with Crippen molar-refractivity contribution in [2.24, 2.45) is 0 Å². The normalized spacial score (nSPS) is 12.6. The average molecular weight is 347 g/mol. The summed E-state index contributed by atoms with van der Waals surface area (Å²) in [6, 6.07) is 4.37. The van der Waals surface area contributed by atoms with E-state index in [0.29, 0.717) is 24.8 Å². The Morgan fingerprint density at radius 2 is 1.91 bits per heavy atom. The minimum Gasteiger partial charge on any atom is -0.463 e. The van der Waals surface area contributed by atoms with Gasteiger partial charge in [-0.05, 0) is 43.9 Å². The highest BCUT2D eigenvalue weighted by Gasteiger charge is 2.30. The van der Waals surface area contributed by atoms with E-state index in [-0.39, 0.29) is 17.2 Å². The first-order valence-electron chi connectivity index (χ1n) is 7.15. The lowest BCUT2D eigenvalue weighted by molar-refractivity contribution is -0.139. The Bertz CT molecular complexity index is 574. The molecule has 0 saturated heterocycles. The van der Waals surface area contributed by atoms with Crippen molar-refractivity contribution in [3.8, 4) is 0 Å². The largest absolute Gasteiger partial charge is 0.463 e. The van der Waals surface area contributed by atoms with Crippen molar-refractivity contribution in [3.05, 3.63) is 53.6 Å². The molecule has 1 aromatic carbocycles. The molecule has 0 saturated carbocycles. The first-order chi connectivity index (χ1) is 10.8. The Labute approximate surface area is 138 Å². The summed E-state index contributed by atoms with van der Waals surface area (Å²) >= 11 is 6.22. The molecular formula is C17H18ClF3O2. The lowest BCUT2D eigenvalue weighted by atomic mass is 10.0. The van der Waals surface area contributed by atoms with Crippen LogP contribution in [0.5, 0.6) is 0 Å². The number of hydrogen-bond donors (Lipinski definition) is 0. The molecule has 0 aliphatic heterocycles. The fraction of sp³-hybridized carbons (Fsp3) is 0.353. The van der Waals surface area contributed by atoms with Crippen molar-refractivity contribution in [3.63, 3.8) is 0 Å². The minimum atomic E-state index is -4.41. The van der Waals surface area contributed by atoms with Crippen LogP contribution >= 0.6 is 11.6 Å². The van der Waals surface area contributed by atoms with Gasteiger partial charge in [0.2, 0.25) is 0 Å². The maximum atomic E-state index is 12.6. The van der Waals surface area contributed by atoms with Gasteiger partial charge in [-0.2, -0.15) is 13.2 Å². The molecule has 0 aliphatic carbocycles. The Balaban J connectivity index is 3.12. The predicted octanol–water partition coefficient (Wildman–Crippen LogP) is 5.57. The van der Waals surface area contributed by atoms with Crippen molar-refractivity contribution in [2.75, 3.05) is 6.61 Å². The molecular weight excluding hydrogens is 329 g/mol. The molecule has 1 aromatic rings. The minimum absolute atomic E-state index is 0.112. The third-order valence-electron chi connectivity index (χ3n) is 3.09. The molecule has 0 heterocycles. The van der Waals surface area contributed by atoms with Gasteiger partial charge in [-0.1, -0.05) is 29.8 Å². The molecule has 0 N–H and O–H groups in total. The molecule has 1 rings (SSSR count). The second-order valence-corrected chi connectivity index (χ2v) is 5.15. The summed E-state index contributed by atoms with van der Waals surface area (Å²) in [5.41, 5.74) is -0.161. The van der Waals surface area contributed by atoms with Gasteiger partial charge in [0.05, 0.1) is 22.8 Å². The Kier molecular flexibility index (Phi) is 7.36. The van der Waals surface area contributed by atoms with Gasteiger partial charge < -0.3 is 4.74 Å². The predicted molar refractivity (Wildman–Crippen MR) is 84.9 cm³/mol. The molecule has 23 heavy (non-hydrogen) atoms. The summed E-state index contributed by atoms with van der Waals surface area (Å²) in [6.45, 7) is 5.47. The highest BCUT2D eigenvalue weighted by atomic mass is 35.5. The first-order valence-corrected chi connectivity index (χ1v) is 7.53. The van der Waals surface area contributed by atoms with E-state index in [1.807, 2.05) is 0 Å². The van der Waals surface area contributed by atoms with Gasteiger partial charge in [0.1, 0.15) is 0 Å². The van der Waals surface area contributed by atoms with Crippen LogP contribution in [-0.4, -0.2) is 12.6 Å². The monoisotopic (exact) mass is 346 g/mol. The van der Waals surface area contributed by atoms with E-state index < -0.39 is 17.7 Å². The average Bonchev–Trinajstić information content (AvgIpc) is 2.50. The maximum Gasteiger partial charge on any atom is 0.416 e. The van der Waals surface area contributed by atoms with Crippen LogP contribution in [0.4, 0.5) is 13.2 Å². The molecule has 126 valence electrons. The second kappa shape index (κ2) is 8.77. The zero-order valence-electron chi connectivity index (χ0n) is 12.8. The molecule has 0 unspecified atom stereocenters. The van der Waals surface area contributed by atoms with Gasteiger partial charge in [-0.15, -0.1) is 6.58 Å². The summed E-state index contributed by atoms with van der Waals surface area (Å²) in [4.78, 5) is 12.0. The number of allylic oxidation sites excluding steroid dienone is 1. The van der Waals surface area contributed by atoms with Crippen molar-refractivity contribution in [2.45, 2.75) is 32.4 Å². The molecule has 6 heteroatoms. The molecule has 0 amide bonds. The quantitative estimate of drug-likeness (QED) is 0.279. The van der Waals surface area contributed by atoms with Crippen molar-refractivity contribution in [1.82, 2.24) is 0 Å². The maximum absolute atomic E-state index is 12.6.